The average molecular weight is 353 g/mol. The van der Waals surface area contributed by atoms with E-state index in [1.807, 2.05) is 41.3 Å². The van der Waals surface area contributed by atoms with Gasteiger partial charge in [-0.1, -0.05) is 18.2 Å². The molecule has 7 nitrogen and oxygen atoms in total. The normalized spacial score (nSPS) is 21.4. The second kappa shape index (κ2) is 7.39. The Hall–Kier alpha value is -2.51. The van der Waals surface area contributed by atoms with Gasteiger partial charge in [-0.05, 0) is 30.7 Å². The van der Waals surface area contributed by atoms with Crippen molar-refractivity contribution in [3.63, 3.8) is 0 Å². The lowest BCUT2D eigenvalue weighted by Crippen LogP contribution is -2.52. The summed E-state index contributed by atoms with van der Waals surface area (Å²) in [4.78, 5) is 19.2. The number of hydrogen-bond donors (Lipinski definition) is 1. The minimum absolute atomic E-state index is 0.0276. The first-order valence-electron chi connectivity index (χ1n) is 9.05. The van der Waals surface area contributed by atoms with Crippen LogP contribution in [0.15, 0.2) is 42.5 Å². The van der Waals surface area contributed by atoms with Gasteiger partial charge in [0.25, 0.3) is 0 Å². The van der Waals surface area contributed by atoms with Crippen LogP contribution in [-0.2, 0) is 11.4 Å². The van der Waals surface area contributed by atoms with Gasteiger partial charge in [-0.2, -0.15) is 5.10 Å². The molecule has 1 unspecified atom stereocenters. The first-order chi connectivity index (χ1) is 12.8. The number of aromatic nitrogens is 2. The van der Waals surface area contributed by atoms with Gasteiger partial charge < -0.3 is 14.9 Å². The van der Waals surface area contributed by atoms with Gasteiger partial charge in [-0.15, -0.1) is 5.10 Å². The molecule has 136 valence electrons. The minimum atomic E-state index is -0.0945. The summed E-state index contributed by atoms with van der Waals surface area (Å²) in [7, 11) is 0. The van der Waals surface area contributed by atoms with Crippen molar-refractivity contribution in [1.29, 1.82) is 0 Å². The Morgan fingerprint density at radius 3 is 2.38 bits per heavy atom. The number of nitrogens with zero attached hydrogens (tertiary/aromatic N) is 5. The van der Waals surface area contributed by atoms with Crippen LogP contribution in [0, 0.1) is 0 Å². The highest BCUT2D eigenvalue weighted by Crippen LogP contribution is 2.25. The molecule has 0 bridgehead atoms. The summed E-state index contributed by atoms with van der Waals surface area (Å²) in [6.07, 6.45) is 0.874. The van der Waals surface area contributed by atoms with E-state index < -0.39 is 0 Å². The van der Waals surface area contributed by atoms with Crippen LogP contribution in [0.5, 0.6) is 0 Å². The van der Waals surface area contributed by atoms with E-state index in [-0.39, 0.29) is 18.6 Å². The summed E-state index contributed by atoms with van der Waals surface area (Å²) in [6, 6.07) is 13.6. The van der Waals surface area contributed by atoms with E-state index in [0.717, 1.165) is 50.6 Å². The van der Waals surface area contributed by atoms with Gasteiger partial charge in [0.2, 0.25) is 5.91 Å². The van der Waals surface area contributed by atoms with Crippen molar-refractivity contribution in [2.45, 2.75) is 19.1 Å². The molecule has 2 aromatic rings. The number of carbonyl (C=O) groups is 1. The van der Waals surface area contributed by atoms with E-state index in [2.05, 4.69) is 20.0 Å². The molecule has 1 amide bonds. The van der Waals surface area contributed by atoms with Gasteiger partial charge in [0.1, 0.15) is 0 Å². The molecule has 2 aliphatic heterocycles. The van der Waals surface area contributed by atoms with Gasteiger partial charge in [0.05, 0.1) is 18.3 Å². The molecule has 0 aliphatic carbocycles. The number of amides is 1. The Morgan fingerprint density at radius 1 is 0.962 bits per heavy atom. The molecule has 26 heavy (non-hydrogen) atoms. The summed E-state index contributed by atoms with van der Waals surface area (Å²) >= 11 is 0. The predicted octanol–water partition coefficient (Wildman–Crippen LogP) is 0.896. The van der Waals surface area contributed by atoms with Crippen LogP contribution in [0.1, 0.15) is 12.1 Å². The van der Waals surface area contributed by atoms with Crippen molar-refractivity contribution in [3.8, 4) is 0 Å². The third-order valence-electron chi connectivity index (χ3n) is 5.19. The zero-order valence-electron chi connectivity index (χ0n) is 14.7. The SMILES string of the molecule is O=C1C(N2CCN(c3ccc(CO)nn3)CC2)CCN1c1ccccc1. The molecular formula is C19H23N5O2. The molecule has 1 aromatic carbocycles. The van der Waals surface area contributed by atoms with Gasteiger partial charge in [-0.25, -0.2) is 0 Å². The van der Waals surface area contributed by atoms with Crippen molar-refractivity contribution in [1.82, 2.24) is 15.1 Å². The lowest BCUT2D eigenvalue weighted by atomic mass is 10.2. The molecule has 1 atom stereocenters. The van der Waals surface area contributed by atoms with Crippen LogP contribution in [0.4, 0.5) is 11.5 Å². The van der Waals surface area contributed by atoms with Crippen LogP contribution in [0.3, 0.4) is 0 Å². The highest BCUT2D eigenvalue weighted by atomic mass is 16.3. The molecule has 3 heterocycles. The van der Waals surface area contributed by atoms with Crippen molar-refractivity contribution >= 4 is 17.4 Å². The standard InChI is InChI=1S/C19H23N5O2/c25-14-15-6-7-18(21-20-15)23-12-10-22(11-13-23)17-8-9-24(19(17)26)16-4-2-1-3-5-16/h1-7,17,25H,8-14H2. The Kier molecular flexibility index (Phi) is 4.81. The smallest absolute Gasteiger partial charge is 0.244 e. The van der Waals surface area contributed by atoms with E-state index in [0.29, 0.717) is 5.69 Å². The number of rotatable bonds is 4. The molecular weight excluding hydrogens is 330 g/mol. The Morgan fingerprint density at radius 2 is 1.73 bits per heavy atom. The largest absolute Gasteiger partial charge is 0.390 e. The molecule has 0 spiro atoms. The summed E-state index contributed by atoms with van der Waals surface area (Å²) in [5.41, 5.74) is 1.56. The summed E-state index contributed by atoms with van der Waals surface area (Å²) < 4.78 is 0. The first kappa shape index (κ1) is 16.9. The van der Waals surface area contributed by atoms with Crippen molar-refractivity contribution in [2.75, 3.05) is 42.5 Å². The quantitative estimate of drug-likeness (QED) is 0.880. The van der Waals surface area contributed by atoms with Gasteiger partial charge in [0.15, 0.2) is 5.82 Å². The van der Waals surface area contributed by atoms with Crippen molar-refractivity contribution < 1.29 is 9.90 Å². The second-order valence-electron chi connectivity index (χ2n) is 6.69. The van der Waals surface area contributed by atoms with E-state index >= 15 is 0 Å². The monoisotopic (exact) mass is 353 g/mol. The van der Waals surface area contributed by atoms with E-state index in [4.69, 9.17) is 5.11 Å². The van der Waals surface area contributed by atoms with E-state index in [1.165, 1.54) is 0 Å². The predicted molar refractivity (Wildman–Crippen MR) is 98.9 cm³/mol. The number of aliphatic hydroxyl groups excluding tert-OH is 1. The van der Waals surface area contributed by atoms with Crippen molar-refractivity contribution in [2.24, 2.45) is 0 Å². The first-order valence-corrected chi connectivity index (χ1v) is 9.05. The maximum absolute atomic E-state index is 12.9. The Bertz CT molecular complexity index is 744. The number of piperazine rings is 1. The minimum Gasteiger partial charge on any atom is -0.390 e. The van der Waals surface area contributed by atoms with Crippen LogP contribution >= 0.6 is 0 Å². The number of anilines is 2. The van der Waals surface area contributed by atoms with Crippen LogP contribution in [0.25, 0.3) is 0 Å². The molecule has 0 radical (unpaired) electrons. The van der Waals surface area contributed by atoms with Crippen LogP contribution in [-0.4, -0.2) is 64.9 Å². The number of aliphatic hydroxyl groups is 1. The topological polar surface area (TPSA) is 72.8 Å². The number of benzene rings is 1. The van der Waals surface area contributed by atoms with E-state index in [9.17, 15) is 4.79 Å². The number of para-hydroxylation sites is 1. The highest BCUT2D eigenvalue weighted by molar-refractivity contribution is 5.99. The van der Waals surface area contributed by atoms with E-state index in [1.54, 1.807) is 6.07 Å². The second-order valence-corrected chi connectivity index (χ2v) is 6.69. The summed E-state index contributed by atoms with van der Waals surface area (Å²) in [5.74, 6) is 1.03. The number of carbonyl (C=O) groups excluding carboxylic acids is 1. The average Bonchev–Trinajstić information content (AvgIpc) is 3.10. The van der Waals surface area contributed by atoms with Gasteiger partial charge in [0, 0.05) is 38.4 Å². The fourth-order valence-electron chi connectivity index (χ4n) is 3.74. The number of hydrogen-bond acceptors (Lipinski definition) is 6. The van der Waals surface area contributed by atoms with Gasteiger partial charge >= 0.3 is 0 Å². The van der Waals surface area contributed by atoms with Gasteiger partial charge in [-0.3, -0.25) is 9.69 Å². The molecule has 2 saturated heterocycles. The maximum Gasteiger partial charge on any atom is 0.244 e. The zero-order chi connectivity index (χ0) is 17.9. The molecule has 1 aromatic heterocycles. The fraction of sp³-hybridized carbons (Fsp3) is 0.421. The van der Waals surface area contributed by atoms with Crippen LogP contribution in [0.2, 0.25) is 0 Å². The summed E-state index contributed by atoms with van der Waals surface area (Å²) in [6.45, 7) is 4.00. The summed E-state index contributed by atoms with van der Waals surface area (Å²) in [5, 5.41) is 17.3. The molecule has 2 aliphatic rings. The molecule has 1 N–H and O–H groups in total. The zero-order valence-corrected chi connectivity index (χ0v) is 14.7. The fourth-order valence-corrected chi connectivity index (χ4v) is 3.74. The molecule has 2 fully saturated rings. The lowest BCUT2D eigenvalue weighted by molar-refractivity contribution is -0.121. The maximum atomic E-state index is 12.9. The molecule has 7 heteroatoms. The van der Waals surface area contributed by atoms with Crippen molar-refractivity contribution in [3.05, 3.63) is 48.2 Å². The Labute approximate surface area is 152 Å². The highest BCUT2D eigenvalue weighted by Gasteiger charge is 2.37. The third kappa shape index (κ3) is 3.27. The lowest BCUT2D eigenvalue weighted by Gasteiger charge is -2.37. The molecule has 0 saturated carbocycles. The van der Waals surface area contributed by atoms with Crippen LogP contribution < -0.4 is 9.80 Å². The third-order valence-corrected chi connectivity index (χ3v) is 5.19. The Balaban J connectivity index is 1.37. The molecule has 4 rings (SSSR count).